The number of nitrogens with two attached hydrogens (primary N) is 1. The molecule has 9 heteroatoms. The molecule has 0 aliphatic heterocycles. The van der Waals surface area contributed by atoms with Gasteiger partial charge in [-0.15, -0.1) is 0 Å². The quantitative estimate of drug-likeness (QED) is 0.418. The Morgan fingerprint density at radius 1 is 1.31 bits per heavy atom. The van der Waals surface area contributed by atoms with Crippen molar-refractivity contribution in [3.63, 3.8) is 0 Å². The van der Waals surface area contributed by atoms with Gasteiger partial charge < -0.3 is 10.7 Å². The zero-order valence-corrected chi connectivity index (χ0v) is 8.90. The second-order valence-corrected chi connectivity index (χ2v) is 3.81. The lowest BCUT2D eigenvalue weighted by Gasteiger charge is -2.07. The molecule has 0 fully saturated rings. The first-order valence-electron chi connectivity index (χ1n) is 4.24. The van der Waals surface area contributed by atoms with E-state index in [-0.39, 0.29) is 24.1 Å². The Kier molecular flexibility index (Phi) is 4.62. The van der Waals surface area contributed by atoms with Crippen molar-refractivity contribution in [3.05, 3.63) is 12.4 Å². The lowest BCUT2D eigenvalue weighted by atomic mass is 10.6. The molecule has 5 nitrogen and oxygen atoms in total. The third-order valence-corrected chi connectivity index (χ3v) is 2.19. The van der Waals surface area contributed by atoms with Crippen LogP contribution in [0.2, 0.25) is 0 Å². The monoisotopic (exact) mass is 253 g/mol. The zero-order valence-electron chi connectivity index (χ0n) is 8.08. The van der Waals surface area contributed by atoms with Crippen LogP contribution in [0.3, 0.4) is 0 Å². The Hall–Kier alpha value is -1.22. The highest BCUT2D eigenvalue weighted by atomic mass is 32.2. The Morgan fingerprint density at radius 2 is 2.00 bits per heavy atom. The van der Waals surface area contributed by atoms with Gasteiger partial charge in [0.15, 0.2) is 5.82 Å². The van der Waals surface area contributed by atoms with Gasteiger partial charge in [0.2, 0.25) is 0 Å². The van der Waals surface area contributed by atoms with Crippen molar-refractivity contribution < 1.29 is 13.2 Å². The molecule has 4 N–H and O–H groups in total. The normalized spacial score (nSPS) is 11.2. The van der Waals surface area contributed by atoms with E-state index >= 15 is 0 Å². The molecule has 0 saturated carbocycles. The number of nitrogens with one attached hydrogen (secondary N) is 2. The number of aromatic nitrogens is 2. The maximum atomic E-state index is 11.8. The molecular formula is C7H10F3N5S. The largest absolute Gasteiger partial charge is 0.441 e. The number of anilines is 2. The van der Waals surface area contributed by atoms with Gasteiger partial charge in [0.05, 0.1) is 12.4 Å². The molecule has 0 amide bonds. The van der Waals surface area contributed by atoms with E-state index in [4.69, 9.17) is 5.84 Å². The Balaban J connectivity index is 2.32. The molecule has 0 aliphatic carbocycles. The molecule has 16 heavy (non-hydrogen) atoms. The Morgan fingerprint density at radius 3 is 2.62 bits per heavy atom. The summed E-state index contributed by atoms with van der Waals surface area (Å²) in [5.41, 5.74) is -1.92. The fraction of sp³-hybridized carbons (Fsp3) is 0.429. The molecular weight excluding hydrogens is 243 g/mol. The van der Waals surface area contributed by atoms with Crippen molar-refractivity contribution in [1.82, 2.24) is 9.97 Å². The summed E-state index contributed by atoms with van der Waals surface area (Å²) in [4.78, 5) is 7.71. The van der Waals surface area contributed by atoms with Gasteiger partial charge in [-0.1, -0.05) is 0 Å². The minimum atomic E-state index is -4.20. The highest BCUT2D eigenvalue weighted by Crippen LogP contribution is 2.29. The van der Waals surface area contributed by atoms with Crippen LogP contribution in [0.15, 0.2) is 12.4 Å². The van der Waals surface area contributed by atoms with Gasteiger partial charge in [0.1, 0.15) is 5.82 Å². The van der Waals surface area contributed by atoms with Gasteiger partial charge in [-0.25, -0.2) is 10.8 Å². The van der Waals surface area contributed by atoms with Crippen LogP contribution in [-0.4, -0.2) is 27.8 Å². The van der Waals surface area contributed by atoms with Gasteiger partial charge in [0.25, 0.3) is 0 Å². The predicted octanol–water partition coefficient (Wildman–Crippen LogP) is 1.43. The molecule has 90 valence electrons. The van der Waals surface area contributed by atoms with Crippen molar-refractivity contribution in [2.45, 2.75) is 5.51 Å². The van der Waals surface area contributed by atoms with Crippen LogP contribution in [0, 0.1) is 0 Å². The van der Waals surface area contributed by atoms with Crippen LogP contribution >= 0.6 is 11.8 Å². The number of hydrogen-bond donors (Lipinski definition) is 3. The van der Waals surface area contributed by atoms with E-state index in [0.29, 0.717) is 11.6 Å². The maximum Gasteiger partial charge on any atom is 0.441 e. The summed E-state index contributed by atoms with van der Waals surface area (Å²) in [7, 11) is 0. The molecule has 0 aromatic carbocycles. The average Bonchev–Trinajstić information content (AvgIpc) is 2.23. The van der Waals surface area contributed by atoms with E-state index < -0.39 is 5.51 Å². The number of rotatable bonds is 5. The maximum absolute atomic E-state index is 11.8. The molecule has 1 heterocycles. The number of nitrogens with zero attached hydrogens (tertiary/aromatic N) is 2. The number of nitrogen functional groups attached to an aromatic ring is 1. The highest BCUT2D eigenvalue weighted by Gasteiger charge is 2.27. The van der Waals surface area contributed by atoms with Crippen LogP contribution in [0.1, 0.15) is 0 Å². The molecule has 0 spiro atoms. The lowest BCUT2D eigenvalue weighted by Crippen LogP contribution is -2.13. The fourth-order valence-corrected chi connectivity index (χ4v) is 1.30. The smallest absolute Gasteiger partial charge is 0.368 e. The number of hydrazine groups is 1. The topological polar surface area (TPSA) is 75.9 Å². The minimum Gasteiger partial charge on any atom is -0.368 e. The number of thioether (sulfide) groups is 1. The van der Waals surface area contributed by atoms with Gasteiger partial charge in [-0.3, -0.25) is 4.98 Å². The summed E-state index contributed by atoms with van der Waals surface area (Å²) in [5.74, 6) is 5.72. The summed E-state index contributed by atoms with van der Waals surface area (Å²) in [6, 6.07) is 0. The van der Waals surface area contributed by atoms with Gasteiger partial charge in [-0.05, 0) is 11.8 Å². The average molecular weight is 253 g/mol. The SMILES string of the molecule is NNc1cncc(NCCSC(F)(F)F)n1. The van der Waals surface area contributed by atoms with Crippen LogP contribution in [0.25, 0.3) is 0 Å². The Bertz CT molecular complexity index is 332. The van der Waals surface area contributed by atoms with Crippen molar-refractivity contribution in [1.29, 1.82) is 0 Å². The van der Waals surface area contributed by atoms with E-state index in [1.807, 2.05) is 0 Å². The van der Waals surface area contributed by atoms with Crippen molar-refractivity contribution >= 4 is 23.4 Å². The van der Waals surface area contributed by atoms with Crippen LogP contribution in [0.4, 0.5) is 24.8 Å². The second-order valence-electron chi connectivity index (χ2n) is 2.65. The molecule has 0 unspecified atom stereocenters. The highest BCUT2D eigenvalue weighted by molar-refractivity contribution is 8.00. The van der Waals surface area contributed by atoms with Gasteiger partial charge in [0, 0.05) is 12.3 Å². The number of halogens is 3. The van der Waals surface area contributed by atoms with E-state index in [1.165, 1.54) is 12.4 Å². The zero-order chi connectivity index (χ0) is 12.0. The summed E-state index contributed by atoms with van der Waals surface area (Å²) in [6.07, 6.45) is 2.80. The summed E-state index contributed by atoms with van der Waals surface area (Å²) < 4.78 is 35.3. The minimum absolute atomic E-state index is 0.0882. The van der Waals surface area contributed by atoms with Gasteiger partial charge in [-0.2, -0.15) is 13.2 Å². The summed E-state index contributed by atoms with van der Waals surface area (Å²) in [5, 5.41) is 2.70. The van der Waals surface area contributed by atoms with Crippen molar-refractivity contribution in [2.75, 3.05) is 23.0 Å². The molecule has 0 aliphatic rings. The number of alkyl halides is 3. The predicted molar refractivity (Wildman–Crippen MR) is 56.8 cm³/mol. The third kappa shape index (κ3) is 5.03. The van der Waals surface area contributed by atoms with Crippen LogP contribution in [-0.2, 0) is 0 Å². The van der Waals surface area contributed by atoms with E-state index in [9.17, 15) is 13.2 Å². The van der Waals surface area contributed by atoms with Crippen LogP contribution in [0.5, 0.6) is 0 Å². The molecule has 0 atom stereocenters. The standard InChI is InChI=1S/C7H10F3N5S/c8-7(9,10)16-2-1-13-5-3-12-4-6(14-5)15-11/h3-4H,1-2,11H2,(H2,13,14,15). The first-order chi connectivity index (χ1) is 7.51. The van der Waals surface area contributed by atoms with E-state index in [2.05, 4.69) is 20.7 Å². The van der Waals surface area contributed by atoms with Crippen LogP contribution < -0.4 is 16.6 Å². The Labute approximate surface area is 94.0 Å². The van der Waals surface area contributed by atoms with Gasteiger partial charge >= 0.3 is 5.51 Å². The lowest BCUT2D eigenvalue weighted by molar-refractivity contribution is -0.0327. The second kappa shape index (κ2) is 5.75. The van der Waals surface area contributed by atoms with Crippen molar-refractivity contribution in [2.24, 2.45) is 5.84 Å². The fourth-order valence-electron chi connectivity index (χ4n) is 0.867. The molecule has 1 rings (SSSR count). The molecule has 0 saturated heterocycles. The summed E-state index contributed by atoms with van der Waals surface area (Å²) in [6.45, 7) is 0.146. The third-order valence-electron chi connectivity index (χ3n) is 1.46. The van der Waals surface area contributed by atoms with Crippen molar-refractivity contribution in [3.8, 4) is 0 Å². The summed E-state index contributed by atoms with van der Waals surface area (Å²) >= 11 is -0.0882. The first kappa shape index (κ1) is 12.8. The number of hydrogen-bond acceptors (Lipinski definition) is 6. The molecule has 1 aromatic rings. The first-order valence-corrected chi connectivity index (χ1v) is 5.23. The molecule has 0 bridgehead atoms. The van der Waals surface area contributed by atoms with E-state index in [1.54, 1.807) is 0 Å². The molecule has 1 aromatic heterocycles. The van der Waals surface area contributed by atoms with E-state index in [0.717, 1.165) is 0 Å². The molecule has 0 radical (unpaired) electrons.